The van der Waals surface area contributed by atoms with Crippen LogP contribution in [-0.4, -0.2) is 15.2 Å². The minimum absolute atomic E-state index is 0.583. The van der Waals surface area contributed by atoms with Gasteiger partial charge < -0.3 is 0 Å². The molecule has 0 bridgehead atoms. The zero-order valence-electron chi connectivity index (χ0n) is 13.7. The highest BCUT2D eigenvalue weighted by molar-refractivity contribution is 7.99. The molecule has 4 rings (SSSR count). The molecule has 0 saturated heterocycles. The van der Waals surface area contributed by atoms with Crippen LogP contribution in [0.3, 0.4) is 0 Å². The number of rotatable bonds is 4. The van der Waals surface area contributed by atoms with E-state index in [4.69, 9.17) is 16.6 Å². The maximum Gasteiger partial charge on any atom is 0.182 e. The Morgan fingerprint density at radius 2 is 1.31 bits per heavy atom. The molecule has 126 valence electrons. The van der Waals surface area contributed by atoms with Gasteiger partial charge in [0.1, 0.15) is 10.7 Å². The third kappa shape index (κ3) is 3.77. The summed E-state index contributed by atoms with van der Waals surface area (Å²) in [6.07, 6.45) is 0. The Kier molecular flexibility index (Phi) is 4.95. The molecule has 0 fully saturated rings. The zero-order valence-corrected chi connectivity index (χ0v) is 15.3. The largest absolute Gasteiger partial charge is 0.217 e. The van der Waals surface area contributed by atoms with Crippen LogP contribution < -0.4 is 0 Å². The highest BCUT2D eigenvalue weighted by Gasteiger charge is 2.14. The van der Waals surface area contributed by atoms with Crippen molar-refractivity contribution < 1.29 is 0 Å². The van der Waals surface area contributed by atoms with Gasteiger partial charge in [0.25, 0.3) is 0 Å². The van der Waals surface area contributed by atoms with Gasteiger partial charge in [-0.05, 0) is 36.4 Å². The van der Waals surface area contributed by atoms with E-state index in [0.717, 1.165) is 26.7 Å². The van der Waals surface area contributed by atoms with Gasteiger partial charge in [-0.1, -0.05) is 71.9 Å². The zero-order chi connectivity index (χ0) is 17.8. The van der Waals surface area contributed by atoms with E-state index in [2.05, 4.69) is 22.3 Å². The lowest BCUT2D eigenvalue weighted by molar-refractivity contribution is 0.924. The molecule has 0 atom stereocenters. The number of hydrogen-bond acceptors (Lipinski definition) is 4. The van der Waals surface area contributed by atoms with E-state index in [0.29, 0.717) is 10.8 Å². The van der Waals surface area contributed by atoms with E-state index >= 15 is 0 Å². The van der Waals surface area contributed by atoms with Crippen LogP contribution in [0.1, 0.15) is 0 Å². The Morgan fingerprint density at radius 1 is 0.654 bits per heavy atom. The van der Waals surface area contributed by atoms with Crippen LogP contribution in [0.4, 0.5) is 0 Å². The van der Waals surface area contributed by atoms with Gasteiger partial charge in [-0.3, -0.25) is 0 Å². The predicted molar refractivity (Wildman–Crippen MR) is 106 cm³/mol. The predicted octanol–water partition coefficient (Wildman–Crippen LogP) is 6.01. The molecule has 1 heterocycles. The SMILES string of the molecule is Clc1ccc(-c2nnc(-c3ccccc3)c(Sc3ccccc3)n2)cc1. The molecule has 0 unspecified atom stereocenters. The summed E-state index contributed by atoms with van der Waals surface area (Å²) in [5.41, 5.74) is 2.65. The summed E-state index contributed by atoms with van der Waals surface area (Å²) >= 11 is 7.56. The topological polar surface area (TPSA) is 38.7 Å². The fraction of sp³-hybridized carbons (Fsp3) is 0. The van der Waals surface area contributed by atoms with Gasteiger partial charge >= 0.3 is 0 Å². The van der Waals surface area contributed by atoms with E-state index in [1.165, 1.54) is 0 Å². The van der Waals surface area contributed by atoms with Crippen LogP contribution in [0.2, 0.25) is 5.02 Å². The maximum atomic E-state index is 5.98. The number of aromatic nitrogens is 3. The first kappa shape index (κ1) is 16.8. The van der Waals surface area contributed by atoms with Crippen molar-refractivity contribution in [1.82, 2.24) is 15.2 Å². The monoisotopic (exact) mass is 375 g/mol. The Morgan fingerprint density at radius 3 is 2.00 bits per heavy atom. The molecule has 0 aliphatic rings. The Balaban J connectivity index is 1.80. The lowest BCUT2D eigenvalue weighted by Gasteiger charge is -2.09. The molecule has 3 nitrogen and oxygen atoms in total. The summed E-state index contributed by atoms with van der Waals surface area (Å²) in [7, 11) is 0. The molecule has 26 heavy (non-hydrogen) atoms. The summed E-state index contributed by atoms with van der Waals surface area (Å²) in [5.74, 6) is 0.583. The van der Waals surface area contributed by atoms with Crippen LogP contribution in [0, 0.1) is 0 Å². The van der Waals surface area contributed by atoms with Crippen molar-refractivity contribution in [1.29, 1.82) is 0 Å². The summed E-state index contributed by atoms with van der Waals surface area (Å²) in [4.78, 5) is 5.89. The molecule has 3 aromatic carbocycles. The average Bonchev–Trinajstić information content (AvgIpc) is 2.70. The molecular formula is C21H14ClN3S. The molecule has 4 aromatic rings. The minimum Gasteiger partial charge on any atom is -0.217 e. The van der Waals surface area contributed by atoms with Gasteiger partial charge in [0.15, 0.2) is 5.82 Å². The van der Waals surface area contributed by atoms with Crippen molar-refractivity contribution in [2.45, 2.75) is 9.92 Å². The Bertz CT molecular complexity index is 1010. The van der Waals surface area contributed by atoms with Crippen molar-refractivity contribution in [2.75, 3.05) is 0 Å². The van der Waals surface area contributed by atoms with Crippen LogP contribution >= 0.6 is 23.4 Å². The van der Waals surface area contributed by atoms with E-state index in [-0.39, 0.29) is 0 Å². The molecule has 0 amide bonds. The lowest BCUT2D eigenvalue weighted by Crippen LogP contribution is -1.99. The smallest absolute Gasteiger partial charge is 0.182 e. The number of hydrogen-bond donors (Lipinski definition) is 0. The van der Waals surface area contributed by atoms with Crippen LogP contribution in [0.15, 0.2) is 94.9 Å². The number of benzene rings is 3. The molecule has 0 aliphatic carbocycles. The highest BCUT2D eigenvalue weighted by Crippen LogP contribution is 2.34. The Labute approximate surface area is 161 Å². The van der Waals surface area contributed by atoms with Gasteiger partial charge in [-0.15, -0.1) is 10.2 Å². The standard InChI is InChI=1S/C21H14ClN3S/c22-17-13-11-16(12-14-17)20-23-21(26-18-9-5-2-6-10-18)19(24-25-20)15-7-3-1-4-8-15/h1-14H. The molecular weight excluding hydrogens is 362 g/mol. The molecule has 5 heteroatoms. The van der Waals surface area contributed by atoms with Gasteiger partial charge in [0.05, 0.1) is 0 Å². The summed E-state index contributed by atoms with van der Waals surface area (Å²) in [5, 5.41) is 10.3. The molecule has 0 spiro atoms. The highest BCUT2D eigenvalue weighted by atomic mass is 35.5. The summed E-state index contributed by atoms with van der Waals surface area (Å²) in [6, 6.07) is 27.6. The first-order chi connectivity index (χ1) is 12.8. The second-order valence-electron chi connectivity index (χ2n) is 5.58. The fourth-order valence-electron chi connectivity index (χ4n) is 2.48. The lowest BCUT2D eigenvalue weighted by atomic mass is 10.1. The molecule has 0 saturated carbocycles. The van der Waals surface area contributed by atoms with Crippen molar-refractivity contribution >= 4 is 23.4 Å². The van der Waals surface area contributed by atoms with Crippen molar-refractivity contribution in [3.63, 3.8) is 0 Å². The third-order valence-electron chi connectivity index (χ3n) is 3.76. The number of halogens is 1. The first-order valence-electron chi connectivity index (χ1n) is 8.08. The van der Waals surface area contributed by atoms with Crippen LogP contribution in [0.5, 0.6) is 0 Å². The van der Waals surface area contributed by atoms with Gasteiger partial charge in [-0.2, -0.15) is 0 Å². The van der Waals surface area contributed by atoms with Gasteiger partial charge in [-0.25, -0.2) is 4.98 Å². The van der Waals surface area contributed by atoms with Gasteiger partial charge in [0, 0.05) is 21.0 Å². The molecule has 0 N–H and O–H groups in total. The third-order valence-corrected chi connectivity index (χ3v) is 5.00. The molecule has 0 radical (unpaired) electrons. The fourth-order valence-corrected chi connectivity index (χ4v) is 3.51. The second kappa shape index (κ2) is 7.68. The van der Waals surface area contributed by atoms with E-state index in [1.54, 1.807) is 11.8 Å². The first-order valence-corrected chi connectivity index (χ1v) is 9.28. The van der Waals surface area contributed by atoms with Gasteiger partial charge in [0.2, 0.25) is 0 Å². The number of nitrogens with zero attached hydrogens (tertiary/aromatic N) is 3. The van der Waals surface area contributed by atoms with E-state index < -0.39 is 0 Å². The summed E-state index contributed by atoms with van der Waals surface area (Å²) in [6.45, 7) is 0. The molecule has 1 aromatic heterocycles. The second-order valence-corrected chi connectivity index (χ2v) is 7.08. The minimum atomic E-state index is 0.583. The van der Waals surface area contributed by atoms with Crippen LogP contribution in [-0.2, 0) is 0 Å². The maximum absolute atomic E-state index is 5.98. The summed E-state index contributed by atoms with van der Waals surface area (Å²) < 4.78 is 0. The van der Waals surface area contributed by atoms with E-state index in [1.807, 2.05) is 72.8 Å². The average molecular weight is 376 g/mol. The normalized spacial score (nSPS) is 10.7. The Hall–Kier alpha value is -2.69. The quantitative estimate of drug-likeness (QED) is 0.437. The van der Waals surface area contributed by atoms with Crippen molar-refractivity contribution in [2.24, 2.45) is 0 Å². The van der Waals surface area contributed by atoms with Crippen molar-refractivity contribution in [3.05, 3.63) is 90.0 Å². The van der Waals surface area contributed by atoms with Crippen LogP contribution in [0.25, 0.3) is 22.6 Å². The van der Waals surface area contributed by atoms with Crippen molar-refractivity contribution in [3.8, 4) is 22.6 Å². The molecule has 0 aliphatic heterocycles. The van der Waals surface area contributed by atoms with E-state index in [9.17, 15) is 0 Å².